The third kappa shape index (κ3) is 4.26. The summed E-state index contributed by atoms with van der Waals surface area (Å²) in [6.07, 6.45) is 2.20. The molecule has 3 N–H and O–H groups in total. The fourth-order valence-corrected chi connectivity index (χ4v) is 3.17. The van der Waals surface area contributed by atoms with Gasteiger partial charge in [0.25, 0.3) is 5.56 Å². The van der Waals surface area contributed by atoms with Crippen LogP contribution in [0.4, 0.5) is 4.79 Å². The van der Waals surface area contributed by atoms with Gasteiger partial charge < -0.3 is 20.4 Å². The van der Waals surface area contributed by atoms with Gasteiger partial charge in [-0.3, -0.25) is 4.79 Å². The van der Waals surface area contributed by atoms with Gasteiger partial charge in [0.15, 0.2) is 0 Å². The first-order valence-corrected chi connectivity index (χ1v) is 9.44. The number of aromatic amines is 1. The van der Waals surface area contributed by atoms with E-state index in [2.05, 4.69) is 29.8 Å². The molecule has 1 aromatic carbocycles. The van der Waals surface area contributed by atoms with E-state index in [-0.39, 0.29) is 0 Å². The highest BCUT2D eigenvalue weighted by Gasteiger charge is 2.12. The van der Waals surface area contributed by atoms with Crippen LogP contribution >= 0.6 is 0 Å². The van der Waals surface area contributed by atoms with Crippen LogP contribution in [0.5, 0.6) is 5.75 Å². The monoisotopic (exact) mass is 381 g/mol. The van der Waals surface area contributed by atoms with Crippen molar-refractivity contribution in [2.24, 2.45) is 5.73 Å². The number of benzene rings is 1. The summed E-state index contributed by atoms with van der Waals surface area (Å²) in [4.78, 5) is 29.3. The minimum atomic E-state index is -0.834. The Labute approximate surface area is 163 Å². The molecule has 0 unspecified atom stereocenters. The van der Waals surface area contributed by atoms with E-state index in [0.717, 1.165) is 47.3 Å². The first-order chi connectivity index (χ1) is 13.5. The maximum Gasteiger partial charge on any atom is 0.325 e. The zero-order valence-electron chi connectivity index (χ0n) is 16.2. The molecule has 2 aromatic heterocycles. The number of carbonyl (C=O) groups is 1. The Morgan fingerprint density at radius 3 is 2.79 bits per heavy atom. The number of carbonyl (C=O) groups excluding carboxylic acids is 1. The number of rotatable bonds is 8. The second kappa shape index (κ2) is 8.75. The molecule has 0 bridgehead atoms. The molecule has 0 aliphatic heterocycles. The molecule has 7 nitrogen and oxygen atoms in total. The molecule has 0 fully saturated rings. The van der Waals surface area contributed by atoms with Crippen molar-refractivity contribution >= 4 is 16.9 Å². The fourth-order valence-electron chi connectivity index (χ4n) is 3.17. The van der Waals surface area contributed by atoms with Gasteiger partial charge in [-0.2, -0.15) is 0 Å². The van der Waals surface area contributed by atoms with Crippen molar-refractivity contribution in [3.05, 3.63) is 52.9 Å². The summed E-state index contributed by atoms with van der Waals surface area (Å²) >= 11 is 0. The van der Waals surface area contributed by atoms with Crippen molar-refractivity contribution < 1.29 is 9.53 Å². The predicted molar refractivity (Wildman–Crippen MR) is 110 cm³/mol. The van der Waals surface area contributed by atoms with E-state index in [4.69, 9.17) is 10.5 Å². The average molecular weight is 381 g/mol. The van der Waals surface area contributed by atoms with E-state index in [9.17, 15) is 9.59 Å². The van der Waals surface area contributed by atoms with Crippen molar-refractivity contribution in [2.75, 3.05) is 26.2 Å². The zero-order valence-corrected chi connectivity index (χ0v) is 16.2. The maximum absolute atomic E-state index is 12.4. The van der Waals surface area contributed by atoms with Crippen molar-refractivity contribution in [1.29, 1.82) is 0 Å². The lowest BCUT2D eigenvalue weighted by atomic mass is 10.2. The lowest BCUT2D eigenvalue weighted by molar-refractivity contribution is 0.249. The smallest absolute Gasteiger partial charge is 0.325 e. The number of fused-ring (bicyclic) bond motifs is 1. The fraction of sp³-hybridized carbons (Fsp3) is 0.333. The molecule has 7 heteroatoms. The SMILES string of the molecule is CCN(CC)CCCOc1ccc2[nH]c(-c3c[c]cn(C(N)=O)c3=O)cc2c1. The summed E-state index contributed by atoms with van der Waals surface area (Å²) in [5.41, 5.74) is 6.55. The van der Waals surface area contributed by atoms with E-state index in [0.29, 0.717) is 17.9 Å². The van der Waals surface area contributed by atoms with Crippen LogP contribution in [-0.2, 0) is 0 Å². The molecule has 1 amide bonds. The van der Waals surface area contributed by atoms with Crippen molar-refractivity contribution in [3.63, 3.8) is 0 Å². The number of nitrogens with one attached hydrogen (secondary N) is 1. The lowest BCUT2D eigenvalue weighted by Crippen LogP contribution is -2.31. The predicted octanol–water partition coefficient (Wildman–Crippen LogP) is 2.83. The number of pyridine rings is 1. The topological polar surface area (TPSA) is 93.3 Å². The number of hydrogen-bond donors (Lipinski definition) is 2. The van der Waals surface area contributed by atoms with E-state index in [1.165, 1.54) is 12.3 Å². The first-order valence-electron chi connectivity index (χ1n) is 9.44. The quantitative estimate of drug-likeness (QED) is 0.587. The molecule has 3 rings (SSSR count). The van der Waals surface area contributed by atoms with Gasteiger partial charge in [0.1, 0.15) is 5.75 Å². The number of H-pyrrole nitrogens is 1. The summed E-state index contributed by atoms with van der Waals surface area (Å²) < 4.78 is 6.71. The van der Waals surface area contributed by atoms with Crippen molar-refractivity contribution in [3.8, 4) is 17.0 Å². The summed E-state index contributed by atoms with van der Waals surface area (Å²) in [5, 5.41) is 0.921. The van der Waals surface area contributed by atoms with Gasteiger partial charge in [0.2, 0.25) is 0 Å². The molecule has 3 aromatic rings. The molecule has 0 saturated carbocycles. The van der Waals surface area contributed by atoms with Crippen LogP contribution in [0.25, 0.3) is 22.2 Å². The number of amides is 1. The highest BCUT2D eigenvalue weighted by Crippen LogP contribution is 2.25. The molecule has 0 saturated heterocycles. The summed E-state index contributed by atoms with van der Waals surface area (Å²) in [5.74, 6) is 0.784. The number of nitrogens with zero attached hydrogens (tertiary/aromatic N) is 2. The number of ether oxygens (including phenoxy) is 1. The van der Waals surface area contributed by atoms with Crippen molar-refractivity contribution in [1.82, 2.24) is 14.5 Å². The normalized spacial score (nSPS) is 11.2. The van der Waals surface area contributed by atoms with Gasteiger partial charge in [-0.05, 0) is 49.8 Å². The standard InChI is InChI=1S/C21H25N4O3/c1-3-24(4-2)10-6-12-28-16-8-9-18-15(13-16)14-19(23-18)17-7-5-11-25(20(17)26)21(22)27/h7-9,11,13-14,23H,3-4,6,10,12H2,1-2H3,(H2,22,27). The molecular formula is C21H25N4O3. The Bertz CT molecular complexity index is 1020. The highest BCUT2D eigenvalue weighted by molar-refractivity contribution is 5.87. The van der Waals surface area contributed by atoms with Gasteiger partial charge in [0.05, 0.1) is 17.9 Å². The van der Waals surface area contributed by atoms with Crippen LogP contribution in [-0.4, -0.2) is 46.7 Å². The van der Waals surface area contributed by atoms with Gasteiger partial charge in [-0.1, -0.05) is 13.8 Å². The number of hydrogen-bond acceptors (Lipinski definition) is 4. The first kappa shape index (κ1) is 19.7. The number of aromatic nitrogens is 2. The Morgan fingerprint density at radius 2 is 2.07 bits per heavy atom. The van der Waals surface area contributed by atoms with Gasteiger partial charge in [-0.25, -0.2) is 9.36 Å². The minimum absolute atomic E-state index is 0.333. The molecule has 0 aliphatic rings. The molecular weight excluding hydrogens is 356 g/mol. The van der Waals surface area contributed by atoms with Crippen LogP contribution in [0.15, 0.2) is 41.3 Å². The second-order valence-electron chi connectivity index (χ2n) is 6.53. The molecule has 1 radical (unpaired) electrons. The van der Waals surface area contributed by atoms with E-state index in [1.54, 1.807) is 0 Å². The molecule has 0 aliphatic carbocycles. The number of primary amides is 1. The third-order valence-electron chi connectivity index (χ3n) is 4.78. The minimum Gasteiger partial charge on any atom is -0.494 e. The Morgan fingerprint density at radius 1 is 1.29 bits per heavy atom. The van der Waals surface area contributed by atoms with E-state index < -0.39 is 11.6 Å². The number of nitrogens with two attached hydrogens (primary N) is 1. The zero-order chi connectivity index (χ0) is 20.1. The third-order valence-corrected chi connectivity index (χ3v) is 4.78. The highest BCUT2D eigenvalue weighted by atomic mass is 16.5. The average Bonchev–Trinajstić information content (AvgIpc) is 3.11. The molecule has 147 valence electrons. The van der Waals surface area contributed by atoms with Gasteiger partial charge in [-0.15, -0.1) is 0 Å². The van der Waals surface area contributed by atoms with Crippen LogP contribution in [0.3, 0.4) is 0 Å². The largest absolute Gasteiger partial charge is 0.494 e. The Kier molecular flexibility index (Phi) is 6.16. The second-order valence-corrected chi connectivity index (χ2v) is 6.53. The van der Waals surface area contributed by atoms with Crippen LogP contribution in [0, 0.1) is 6.07 Å². The summed E-state index contributed by atoms with van der Waals surface area (Å²) in [6, 6.07) is 11.1. The van der Waals surface area contributed by atoms with Crippen LogP contribution in [0.1, 0.15) is 20.3 Å². The molecule has 28 heavy (non-hydrogen) atoms. The Balaban J connectivity index is 1.76. The van der Waals surface area contributed by atoms with Gasteiger partial charge in [0, 0.05) is 29.7 Å². The summed E-state index contributed by atoms with van der Waals surface area (Å²) in [6.45, 7) is 8.07. The van der Waals surface area contributed by atoms with Gasteiger partial charge >= 0.3 is 6.03 Å². The van der Waals surface area contributed by atoms with Crippen molar-refractivity contribution in [2.45, 2.75) is 20.3 Å². The molecule has 2 heterocycles. The van der Waals surface area contributed by atoms with Crippen LogP contribution in [0.2, 0.25) is 0 Å². The maximum atomic E-state index is 12.4. The lowest BCUT2D eigenvalue weighted by Gasteiger charge is -2.17. The Hall–Kier alpha value is -3.06. The van der Waals surface area contributed by atoms with E-state index >= 15 is 0 Å². The molecule has 0 atom stereocenters. The molecule has 0 spiro atoms. The van der Waals surface area contributed by atoms with Crippen LogP contribution < -0.4 is 16.0 Å². The van der Waals surface area contributed by atoms with E-state index in [1.807, 2.05) is 24.3 Å². The summed E-state index contributed by atoms with van der Waals surface area (Å²) in [7, 11) is 0.